The lowest BCUT2D eigenvalue weighted by Gasteiger charge is -2.25. The van der Waals surface area contributed by atoms with Crippen LogP contribution in [0.15, 0.2) is 24.8 Å². The van der Waals surface area contributed by atoms with Gasteiger partial charge in [-0.15, -0.1) is 6.58 Å². The summed E-state index contributed by atoms with van der Waals surface area (Å²) >= 11 is 0. The summed E-state index contributed by atoms with van der Waals surface area (Å²) in [4.78, 5) is 0. The molecule has 14 heavy (non-hydrogen) atoms. The maximum absolute atomic E-state index is 9.47. The Balaban J connectivity index is 1.90. The van der Waals surface area contributed by atoms with Crippen LogP contribution in [0.5, 0.6) is 0 Å². The Labute approximate surface area is 85.5 Å². The molecule has 1 nitrogen and oxygen atoms in total. The number of fused-ring (bicyclic) bond motifs is 5. The lowest BCUT2D eigenvalue weighted by molar-refractivity contribution is 0.154. The second kappa shape index (κ2) is 2.96. The Morgan fingerprint density at radius 1 is 1.29 bits per heavy atom. The molecule has 0 heterocycles. The molecule has 0 aromatic heterocycles. The van der Waals surface area contributed by atoms with Crippen LogP contribution < -0.4 is 0 Å². The highest BCUT2D eigenvalue weighted by Gasteiger charge is 2.53. The van der Waals surface area contributed by atoms with Gasteiger partial charge in [-0.25, -0.2) is 0 Å². The van der Waals surface area contributed by atoms with Crippen molar-refractivity contribution < 1.29 is 5.11 Å². The number of rotatable bonds is 2. The van der Waals surface area contributed by atoms with Crippen LogP contribution in [0.1, 0.15) is 12.8 Å². The number of aliphatic hydroxyl groups is 1. The number of aliphatic hydroxyl groups excluding tert-OH is 1. The molecule has 0 amide bonds. The second-order valence-electron chi connectivity index (χ2n) is 5.17. The highest BCUT2D eigenvalue weighted by Crippen LogP contribution is 2.59. The van der Waals surface area contributed by atoms with Crippen LogP contribution in [-0.4, -0.2) is 11.7 Å². The maximum Gasteiger partial charge on any atom is 0.0467 e. The molecule has 2 bridgehead atoms. The first-order valence-corrected chi connectivity index (χ1v) is 5.77. The molecule has 3 aliphatic rings. The Morgan fingerprint density at radius 3 is 2.79 bits per heavy atom. The van der Waals surface area contributed by atoms with Gasteiger partial charge in [-0.05, 0) is 48.3 Å². The summed E-state index contributed by atoms with van der Waals surface area (Å²) in [5, 5.41) is 9.47. The highest BCUT2D eigenvalue weighted by atomic mass is 16.3. The molecule has 3 rings (SSSR count). The van der Waals surface area contributed by atoms with Crippen molar-refractivity contribution in [1.82, 2.24) is 0 Å². The molecule has 3 aliphatic carbocycles. The van der Waals surface area contributed by atoms with Crippen molar-refractivity contribution in [3.05, 3.63) is 24.8 Å². The quantitative estimate of drug-likeness (QED) is 0.662. The zero-order valence-electron chi connectivity index (χ0n) is 8.47. The molecule has 76 valence electrons. The topological polar surface area (TPSA) is 20.2 Å². The molecule has 0 aromatic carbocycles. The number of allylic oxidation sites excluding steroid dienone is 3. The van der Waals surface area contributed by atoms with E-state index >= 15 is 0 Å². The Morgan fingerprint density at radius 2 is 2.07 bits per heavy atom. The van der Waals surface area contributed by atoms with Crippen LogP contribution in [0, 0.1) is 35.5 Å². The van der Waals surface area contributed by atoms with Crippen LogP contribution in [-0.2, 0) is 0 Å². The van der Waals surface area contributed by atoms with Crippen molar-refractivity contribution in [1.29, 1.82) is 0 Å². The van der Waals surface area contributed by atoms with Gasteiger partial charge in [0.25, 0.3) is 0 Å². The molecule has 2 fully saturated rings. The fourth-order valence-electron chi connectivity index (χ4n) is 4.23. The van der Waals surface area contributed by atoms with Crippen molar-refractivity contribution >= 4 is 0 Å². The predicted molar refractivity (Wildman–Crippen MR) is 56.6 cm³/mol. The number of hydrogen-bond acceptors (Lipinski definition) is 1. The van der Waals surface area contributed by atoms with E-state index in [1.807, 2.05) is 0 Å². The minimum absolute atomic E-state index is 0.356. The molecule has 2 saturated carbocycles. The fraction of sp³-hybridized carbons (Fsp3) is 0.692. The van der Waals surface area contributed by atoms with Gasteiger partial charge in [-0.1, -0.05) is 18.2 Å². The van der Waals surface area contributed by atoms with Gasteiger partial charge >= 0.3 is 0 Å². The van der Waals surface area contributed by atoms with Gasteiger partial charge in [0.15, 0.2) is 0 Å². The predicted octanol–water partition coefficient (Wildman–Crippen LogP) is 2.24. The Hall–Kier alpha value is -0.560. The third kappa shape index (κ3) is 0.939. The van der Waals surface area contributed by atoms with E-state index in [2.05, 4.69) is 24.8 Å². The number of hydrogen-bond donors (Lipinski definition) is 1. The molecule has 0 aliphatic heterocycles. The normalized spacial score (nSPS) is 53.8. The minimum Gasteiger partial charge on any atom is -0.396 e. The van der Waals surface area contributed by atoms with Gasteiger partial charge in [0.1, 0.15) is 0 Å². The Kier molecular flexibility index (Phi) is 1.85. The second-order valence-corrected chi connectivity index (χ2v) is 5.17. The van der Waals surface area contributed by atoms with Crippen molar-refractivity contribution in [3.63, 3.8) is 0 Å². The summed E-state index contributed by atoms with van der Waals surface area (Å²) in [6, 6.07) is 0. The molecule has 1 heteroatoms. The first-order valence-electron chi connectivity index (χ1n) is 5.77. The van der Waals surface area contributed by atoms with Crippen molar-refractivity contribution in [2.24, 2.45) is 35.5 Å². The lowest BCUT2D eigenvalue weighted by Crippen LogP contribution is -2.23. The maximum atomic E-state index is 9.47. The van der Waals surface area contributed by atoms with Crippen molar-refractivity contribution in [2.75, 3.05) is 6.61 Å². The third-order valence-electron chi connectivity index (χ3n) is 4.79. The zero-order chi connectivity index (χ0) is 9.71. The van der Waals surface area contributed by atoms with E-state index in [0.717, 1.165) is 23.7 Å². The standard InChI is InChI=1S/C13H18O/c1-2-8-6-11-9-3-4-10(5-9)13(11)12(8)7-14/h2-4,8-14H,1,5-7H2/t8-,9+,10-,11+,12-,13-/m0/s1. The van der Waals surface area contributed by atoms with Gasteiger partial charge in [-0.2, -0.15) is 0 Å². The SMILES string of the molecule is C=C[C@H]1C[C@H]2[C@@H]([C@H]1CO)[C@H]1C=C[C@@H]2C1. The molecule has 0 saturated heterocycles. The van der Waals surface area contributed by atoms with Crippen LogP contribution >= 0.6 is 0 Å². The van der Waals surface area contributed by atoms with Crippen LogP contribution in [0.4, 0.5) is 0 Å². The molecular formula is C13H18O. The van der Waals surface area contributed by atoms with Crippen molar-refractivity contribution in [3.8, 4) is 0 Å². The fourth-order valence-corrected chi connectivity index (χ4v) is 4.23. The summed E-state index contributed by atoms with van der Waals surface area (Å²) in [6.45, 7) is 4.26. The summed E-state index contributed by atoms with van der Waals surface area (Å²) in [6.07, 6.45) is 9.49. The molecule has 0 aromatic rings. The molecular weight excluding hydrogens is 172 g/mol. The average molecular weight is 190 g/mol. The minimum atomic E-state index is 0.356. The van der Waals surface area contributed by atoms with Gasteiger partial charge in [0.2, 0.25) is 0 Å². The van der Waals surface area contributed by atoms with Crippen LogP contribution in [0.3, 0.4) is 0 Å². The zero-order valence-corrected chi connectivity index (χ0v) is 8.47. The summed E-state index contributed by atoms with van der Waals surface area (Å²) in [5.41, 5.74) is 0. The van der Waals surface area contributed by atoms with Gasteiger partial charge in [0, 0.05) is 6.61 Å². The molecule has 0 spiro atoms. The summed E-state index contributed by atoms with van der Waals surface area (Å²) in [7, 11) is 0. The monoisotopic (exact) mass is 190 g/mol. The molecule has 0 radical (unpaired) electrons. The van der Waals surface area contributed by atoms with Crippen LogP contribution in [0.2, 0.25) is 0 Å². The van der Waals surface area contributed by atoms with Crippen LogP contribution in [0.25, 0.3) is 0 Å². The summed E-state index contributed by atoms with van der Waals surface area (Å²) in [5.74, 6) is 4.27. The average Bonchev–Trinajstić information content (AvgIpc) is 2.87. The Bertz CT molecular complexity index is 281. The van der Waals surface area contributed by atoms with E-state index in [-0.39, 0.29) is 0 Å². The van der Waals surface area contributed by atoms with E-state index in [4.69, 9.17) is 0 Å². The molecule has 6 atom stereocenters. The van der Waals surface area contributed by atoms with E-state index < -0.39 is 0 Å². The third-order valence-corrected chi connectivity index (χ3v) is 4.79. The highest BCUT2D eigenvalue weighted by molar-refractivity contribution is 5.18. The summed E-state index contributed by atoms with van der Waals surface area (Å²) < 4.78 is 0. The van der Waals surface area contributed by atoms with E-state index in [1.165, 1.54) is 12.8 Å². The first kappa shape index (κ1) is 8.72. The molecule has 0 unspecified atom stereocenters. The van der Waals surface area contributed by atoms with E-state index in [9.17, 15) is 5.11 Å². The first-order chi connectivity index (χ1) is 6.85. The van der Waals surface area contributed by atoms with E-state index in [0.29, 0.717) is 18.4 Å². The van der Waals surface area contributed by atoms with Gasteiger partial charge < -0.3 is 5.11 Å². The van der Waals surface area contributed by atoms with Gasteiger partial charge in [0.05, 0.1) is 0 Å². The van der Waals surface area contributed by atoms with Gasteiger partial charge in [-0.3, -0.25) is 0 Å². The molecule has 1 N–H and O–H groups in total. The largest absolute Gasteiger partial charge is 0.396 e. The lowest BCUT2D eigenvalue weighted by atomic mass is 9.80. The smallest absolute Gasteiger partial charge is 0.0467 e. The van der Waals surface area contributed by atoms with E-state index in [1.54, 1.807) is 0 Å². The van der Waals surface area contributed by atoms with Crippen molar-refractivity contribution in [2.45, 2.75) is 12.8 Å².